The Labute approximate surface area is 157 Å². The van der Waals surface area contributed by atoms with E-state index in [2.05, 4.69) is 0 Å². The quantitative estimate of drug-likeness (QED) is 0.804. The van der Waals surface area contributed by atoms with Crippen molar-refractivity contribution in [2.45, 2.75) is 25.5 Å². The molecule has 0 bridgehead atoms. The van der Waals surface area contributed by atoms with Crippen molar-refractivity contribution in [3.63, 3.8) is 0 Å². The largest absolute Gasteiger partial charge is 0.465 e. The molecule has 26 heavy (non-hydrogen) atoms. The smallest absolute Gasteiger partial charge is 0.408 e. The van der Waals surface area contributed by atoms with Crippen LogP contribution in [0, 0.1) is 5.92 Å². The highest BCUT2D eigenvalue weighted by molar-refractivity contribution is 6.30. The highest BCUT2D eigenvalue weighted by atomic mass is 35.5. The van der Waals surface area contributed by atoms with Crippen LogP contribution in [0.1, 0.15) is 17.5 Å². The van der Waals surface area contributed by atoms with Crippen molar-refractivity contribution in [1.82, 2.24) is 4.90 Å². The molecule has 0 radical (unpaired) electrons. The van der Waals surface area contributed by atoms with Crippen LogP contribution in [-0.4, -0.2) is 34.7 Å². The lowest BCUT2D eigenvalue weighted by atomic mass is 9.97. The summed E-state index contributed by atoms with van der Waals surface area (Å²) in [5.74, 6) is -0.441. The van der Waals surface area contributed by atoms with Gasteiger partial charge in [0, 0.05) is 11.6 Å². The molecule has 5 nitrogen and oxygen atoms in total. The lowest BCUT2D eigenvalue weighted by Gasteiger charge is -2.19. The molecule has 0 aliphatic carbocycles. The lowest BCUT2D eigenvalue weighted by Crippen LogP contribution is -2.40. The molecule has 1 N–H and O–H groups in total. The minimum absolute atomic E-state index is 0.0545. The maximum absolute atomic E-state index is 12.4. The number of amides is 1. The van der Waals surface area contributed by atoms with Gasteiger partial charge in [-0.15, -0.1) is 0 Å². The van der Waals surface area contributed by atoms with Gasteiger partial charge in [0.25, 0.3) is 0 Å². The first kappa shape index (κ1) is 18.3. The van der Waals surface area contributed by atoms with E-state index in [0.717, 1.165) is 11.1 Å². The van der Waals surface area contributed by atoms with Crippen LogP contribution in [0.3, 0.4) is 0 Å². The van der Waals surface area contributed by atoms with E-state index in [9.17, 15) is 14.7 Å². The molecule has 0 saturated carbocycles. The van der Waals surface area contributed by atoms with E-state index in [-0.39, 0.29) is 12.5 Å². The maximum atomic E-state index is 12.4. The molecule has 1 heterocycles. The Morgan fingerprint density at radius 1 is 1.12 bits per heavy atom. The first-order valence-electron chi connectivity index (χ1n) is 8.47. The minimum Gasteiger partial charge on any atom is -0.465 e. The van der Waals surface area contributed by atoms with E-state index >= 15 is 0 Å². The van der Waals surface area contributed by atoms with Crippen molar-refractivity contribution in [1.29, 1.82) is 0 Å². The molecule has 0 aromatic heterocycles. The van der Waals surface area contributed by atoms with Gasteiger partial charge in [-0.1, -0.05) is 54.1 Å². The van der Waals surface area contributed by atoms with Gasteiger partial charge in [-0.2, -0.15) is 0 Å². The fourth-order valence-corrected chi connectivity index (χ4v) is 3.54. The molecular formula is C20H20ClNO4. The van der Waals surface area contributed by atoms with Crippen molar-refractivity contribution in [3.8, 4) is 0 Å². The van der Waals surface area contributed by atoms with Crippen LogP contribution in [0.4, 0.5) is 4.79 Å². The van der Waals surface area contributed by atoms with Crippen LogP contribution in [0.15, 0.2) is 54.6 Å². The van der Waals surface area contributed by atoms with Crippen molar-refractivity contribution < 1.29 is 19.4 Å². The second-order valence-corrected chi connectivity index (χ2v) is 6.92. The van der Waals surface area contributed by atoms with Gasteiger partial charge in [-0.05, 0) is 42.0 Å². The molecular weight excluding hydrogens is 354 g/mol. The highest BCUT2D eigenvalue weighted by Gasteiger charge is 2.40. The number of esters is 1. The third-order valence-corrected chi connectivity index (χ3v) is 4.78. The Balaban J connectivity index is 1.63. The number of nitrogens with zero attached hydrogens (tertiary/aromatic N) is 1. The molecule has 1 fully saturated rings. The summed E-state index contributed by atoms with van der Waals surface area (Å²) in [4.78, 5) is 25.2. The fraction of sp³-hybridized carbons (Fsp3) is 0.300. The van der Waals surface area contributed by atoms with E-state index in [1.54, 1.807) is 6.07 Å². The van der Waals surface area contributed by atoms with Crippen LogP contribution in [-0.2, 0) is 22.6 Å². The second kappa shape index (κ2) is 8.23. The van der Waals surface area contributed by atoms with Crippen LogP contribution < -0.4 is 0 Å². The molecule has 6 heteroatoms. The summed E-state index contributed by atoms with van der Waals surface area (Å²) in [5, 5.41) is 10.1. The van der Waals surface area contributed by atoms with Crippen molar-refractivity contribution in [2.24, 2.45) is 5.92 Å². The van der Waals surface area contributed by atoms with Gasteiger partial charge >= 0.3 is 12.1 Å². The van der Waals surface area contributed by atoms with Gasteiger partial charge in [0.2, 0.25) is 0 Å². The number of likely N-dealkylation sites (tertiary alicyclic amines) is 1. The number of benzene rings is 2. The number of rotatable bonds is 5. The zero-order valence-electron chi connectivity index (χ0n) is 14.2. The third kappa shape index (κ3) is 4.55. The number of hydrogen-bond acceptors (Lipinski definition) is 3. The number of carbonyl (C=O) groups is 2. The molecule has 0 spiro atoms. The summed E-state index contributed by atoms with van der Waals surface area (Å²) in [6.07, 6.45) is 0.0273. The van der Waals surface area contributed by atoms with Gasteiger partial charge in [0.15, 0.2) is 0 Å². The molecule has 0 unspecified atom stereocenters. The topological polar surface area (TPSA) is 66.8 Å². The van der Waals surface area contributed by atoms with Crippen LogP contribution in [0.5, 0.6) is 0 Å². The minimum atomic E-state index is -1.10. The van der Waals surface area contributed by atoms with Crippen molar-refractivity contribution in [2.75, 3.05) is 6.54 Å². The van der Waals surface area contributed by atoms with Crippen molar-refractivity contribution >= 4 is 23.7 Å². The maximum Gasteiger partial charge on any atom is 0.408 e. The Morgan fingerprint density at radius 2 is 1.85 bits per heavy atom. The number of carboxylic acid groups (broad SMARTS) is 1. The SMILES string of the molecule is O=C(OCc1ccccc1)[C@H]1C[C@H](Cc2cccc(Cl)c2)CN1C(=O)O. The normalized spacial score (nSPS) is 19.3. The first-order valence-corrected chi connectivity index (χ1v) is 8.85. The highest BCUT2D eigenvalue weighted by Crippen LogP contribution is 2.28. The zero-order valence-corrected chi connectivity index (χ0v) is 14.9. The average molecular weight is 374 g/mol. The average Bonchev–Trinajstić information content (AvgIpc) is 3.05. The third-order valence-electron chi connectivity index (χ3n) is 4.54. The molecule has 2 aromatic rings. The van der Waals surface area contributed by atoms with Gasteiger partial charge in [-0.25, -0.2) is 9.59 Å². The van der Waals surface area contributed by atoms with E-state index in [4.69, 9.17) is 16.3 Å². The summed E-state index contributed by atoms with van der Waals surface area (Å²) in [7, 11) is 0. The molecule has 136 valence electrons. The summed E-state index contributed by atoms with van der Waals surface area (Å²) < 4.78 is 5.35. The predicted molar refractivity (Wildman–Crippen MR) is 98.0 cm³/mol. The monoisotopic (exact) mass is 373 g/mol. The van der Waals surface area contributed by atoms with E-state index in [1.807, 2.05) is 48.5 Å². The fourth-order valence-electron chi connectivity index (χ4n) is 3.33. The number of halogens is 1. The van der Waals surface area contributed by atoms with E-state index in [0.29, 0.717) is 24.4 Å². The lowest BCUT2D eigenvalue weighted by molar-refractivity contribution is -0.149. The molecule has 1 saturated heterocycles. The Kier molecular flexibility index (Phi) is 5.78. The van der Waals surface area contributed by atoms with Gasteiger partial charge in [0.1, 0.15) is 12.6 Å². The van der Waals surface area contributed by atoms with Crippen LogP contribution >= 0.6 is 11.6 Å². The Morgan fingerprint density at radius 3 is 2.54 bits per heavy atom. The molecule has 2 atom stereocenters. The van der Waals surface area contributed by atoms with Crippen molar-refractivity contribution in [3.05, 3.63) is 70.7 Å². The Hall–Kier alpha value is -2.53. The van der Waals surface area contributed by atoms with Crippen LogP contribution in [0.25, 0.3) is 0 Å². The summed E-state index contributed by atoms with van der Waals surface area (Å²) in [6, 6.07) is 16.1. The number of carbonyl (C=O) groups excluding carboxylic acids is 1. The molecule has 1 aliphatic heterocycles. The molecule has 3 rings (SSSR count). The van der Waals surface area contributed by atoms with E-state index < -0.39 is 18.1 Å². The first-order chi connectivity index (χ1) is 12.5. The summed E-state index contributed by atoms with van der Waals surface area (Å²) in [5.41, 5.74) is 1.90. The predicted octanol–water partition coefficient (Wildman–Crippen LogP) is 3.99. The second-order valence-electron chi connectivity index (χ2n) is 6.48. The van der Waals surface area contributed by atoms with Gasteiger partial charge in [-0.3, -0.25) is 4.90 Å². The zero-order chi connectivity index (χ0) is 18.5. The van der Waals surface area contributed by atoms with Crippen LogP contribution in [0.2, 0.25) is 5.02 Å². The number of ether oxygens (including phenoxy) is 1. The Bertz CT molecular complexity index is 780. The molecule has 1 aliphatic rings. The summed E-state index contributed by atoms with van der Waals surface area (Å²) in [6.45, 7) is 0.454. The standard InChI is InChI=1S/C20H20ClNO4/c21-17-8-4-7-15(10-17)9-16-11-18(22(12-16)20(24)25)19(23)26-13-14-5-2-1-3-6-14/h1-8,10,16,18H,9,11-13H2,(H,24,25)/t16-,18+/m0/s1. The van der Waals surface area contributed by atoms with E-state index in [1.165, 1.54) is 4.90 Å². The van der Waals surface area contributed by atoms with Gasteiger partial charge < -0.3 is 9.84 Å². The van der Waals surface area contributed by atoms with Gasteiger partial charge in [0.05, 0.1) is 0 Å². The molecule has 1 amide bonds. The molecule has 2 aromatic carbocycles. The summed E-state index contributed by atoms with van der Waals surface area (Å²) >= 11 is 6.01. The number of hydrogen-bond donors (Lipinski definition) is 1.